The molecule has 0 unspecified atom stereocenters. The van der Waals surface area contributed by atoms with Crippen molar-refractivity contribution in [2.24, 2.45) is 0 Å². The molecule has 2 aromatic carbocycles. The summed E-state index contributed by atoms with van der Waals surface area (Å²) < 4.78 is 0.945. The Morgan fingerprint density at radius 1 is 1.15 bits per heavy atom. The third-order valence-electron chi connectivity index (χ3n) is 2.98. The fraction of sp³-hybridized carbons (Fsp3) is 0.188. The Bertz CT molecular complexity index is 572. The maximum absolute atomic E-state index is 11.9. The maximum atomic E-state index is 11.9. The van der Waals surface area contributed by atoms with E-state index in [4.69, 9.17) is 0 Å². The predicted octanol–water partition coefficient (Wildman–Crippen LogP) is 3.74. The van der Waals surface area contributed by atoms with E-state index in [1.807, 2.05) is 61.5 Å². The van der Waals surface area contributed by atoms with Crippen molar-refractivity contribution in [2.75, 3.05) is 11.9 Å². The number of hydrogen-bond donors (Lipinski definition) is 2. The van der Waals surface area contributed by atoms with Gasteiger partial charge in [-0.3, -0.25) is 4.79 Å². The van der Waals surface area contributed by atoms with Gasteiger partial charge < -0.3 is 10.6 Å². The van der Waals surface area contributed by atoms with Crippen molar-refractivity contribution < 1.29 is 4.79 Å². The van der Waals surface area contributed by atoms with Crippen molar-refractivity contribution in [3.05, 3.63) is 64.6 Å². The molecule has 0 aromatic heterocycles. The molecule has 2 aromatic rings. The summed E-state index contributed by atoms with van der Waals surface area (Å²) in [6.45, 7) is 2.32. The van der Waals surface area contributed by atoms with E-state index < -0.39 is 0 Å². The standard InChI is InChI=1S/C16H17BrN2O/c1-12(13-6-3-2-4-7-13)18-11-16(20)19-15-9-5-8-14(17)10-15/h2-10,12,18H,11H2,1H3,(H,19,20)/t12-/m0/s1. The molecule has 1 amide bonds. The van der Waals surface area contributed by atoms with Crippen LogP contribution in [0.1, 0.15) is 18.5 Å². The van der Waals surface area contributed by atoms with Crippen LogP contribution >= 0.6 is 15.9 Å². The summed E-state index contributed by atoms with van der Waals surface area (Å²) in [5.74, 6) is -0.0501. The first-order valence-electron chi connectivity index (χ1n) is 6.49. The van der Waals surface area contributed by atoms with Crippen LogP contribution in [0.4, 0.5) is 5.69 Å². The van der Waals surface area contributed by atoms with Gasteiger partial charge in [-0.2, -0.15) is 0 Å². The average molecular weight is 333 g/mol. The molecule has 104 valence electrons. The highest BCUT2D eigenvalue weighted by Crippen LogP contribution is 2.15. The minimum atomic E-state index is -0.0501. The fourth-order valence-corrected chi connectivity index (χ4v) is 2.28. The van der Waals surface area contributed by atoms with Gasteiger partial charge in [0.1, 0.15) is 0 Å². The van der Waals surface area contributed by atoms with Gasteiger partial charge in [0.15, 0.2) is 0 Å². The molecule has 0 aliphatic carbocycles. The maximum Gasteiger partial charge on any atom is 0.238 e. The van der Waals surface area contributed by atoms with Crippen LogP contribution in [0.2, 0.25) is 0 Å². The van der Waals surface area contributed by atoms with Crippen LogP contribution < -0.4 is 10.6 Å². The van der Waals surface area contributed by atoms with Gasteiger partial charge in [0, 0.05) is 16.2 Å². The highest BCUT2D eigenvalue weighted by molar-refractivity contribution is 9.10. The van der Waals surface area contributed by atoms with Gasteiger partial charge in [0.05, 0.1) is 6.54 Å². The van der Waals surface area contributed by atoms with E-state index in [9.17, 15) is 4.79 Å². The second-order valence-corrected chi connectivity index (χ2v) is 5.49. The summed E-state index contributed by atoms with van der Waals surface area (Å²) in [6.07, 6.45) is 0. The molecular weight excluding hydrogens is 316 g/mol. The lowest BCUT2D eigenvalue weighted by atomic mass is 10.1. The molecule has 0 saturated heterocycles. The minimum Gasteiger partial charge on any atom is -0.325 e. The van der Waals surface area contributed by atoms with E-state index in [1.54, 1.807) is 0 Å². The lowest BCUT2D eigenvalue weighted by Crippen LogP contribution is -2.30. The van der Waals surface area contributed by atoms with Crippen LogP contribution in [0.15, 0.2) is 59.1 Å². The van der Waals surface area contributed by atoms with Crippen LogP contribution in [-0.2, 0) is 4.79 Å². The van der Waals surface area contributed by atoms with Crippen LogP contribution in [0.25, 0.3) is 0 Å². The van der Waals surface area contributed by atoms with E-state index in [0.717, 1.165) is 10.2 Å². The predicted molar refractivity (Wildman–Crippen MR) is 85.6 cm³/mol. The van der Waals surface area contributed by atoms with E-state index in [1.165, 1.54) is 5.56 Å². The smallest absolute Gasteiger partial charge is 0.238 e. The second-order valence-electron chi connectivity index (χ2n) is 4.57. The first kappa shape index (κ1) is 14.8. The van der Waals surface area contributed by atoms with E-state index in [0.29, 0.717) is 0 Å². The molecule has 2 N–H and O–H groups in total. The summed E-state index contributed by atoms with van der Waals surface area (Å²) in [4.78, 5) is 11.9. The van der Waals surface area contributed by atoms with E-state index in [-0.39, 0.29) is 18.5 Å². The molecule has 0 bridgehead atoms. The van der Waals surface area contributed by atoms with Gasteiger partial charge in [-0.1, -0.05) is 52.3 Å². The van der Waals surface area contributed by atoms with Gasteiger partial charge in [0.25, 0.3) is 0 Å². The number of halogens is 1. The number of amides is 1. The Kier molecular flexibility index (Phi) is 5.32. The SMILES string of the molecule is C[C@H](NCC(=O)Nc1cccc(Br)c1)c1ccccc1. The molecule has 0 aliphatic rings. The molecule has 0 aliphatic heterocycles. The summed E-state index contributed by atoms with van der Waals surface area (Å²) in [5, 5.41) is 6.07. The van der Waals surface area contributed by atoms with Crippen LogP contribution in [-0.4, -0.2) is 12.5 Å². The molecule has 1 atom stereocenters. The number of nitrogens with one attached hydrogen (secondary N) is 2. The molecule has 3 nitrogen and oxygen atoms in total. The molecular formula is C16H17BrN2O. The summed E-state index contributed by atoms with van der Waals surface area (Å²) in [7, 11) is 0. The summed E-state index contributed by atoms with van der Waals surface area (Å²) >= 11 is 3.38. The van der Waals surface area contributed by atoms with Crippen LogP contribution in [0.5, 0.6) is 0 Å². The zero-order chi connectivity index (χ0) is 14.4. The van der Waals surface area contributed by atoms with Crippen molar-refractivity contribution in [3.63, 3.8) is 0 Å². The van der Waals surface area contributed by atoms with E-state index in [2.05, 4.69) is 26.6 Å². The lowest BCUT2D eigenvalue weighted by molar-refractivity contribution is -0.115. The van der Waals surface area contributed by atoms with Crippen LogP contribution in [0, 0.1) is 0 Å². The van der Waals surface area contributed by atoms with Gasteiger partial charge in [-0.05, 0) is 30.7 Å². The minimum absolute atomic E-state index is 0.0501. The number of carbonyl (C=O) groups is 1. The quantitative estimate of drug-likeness (QED) is 0.875. The first-order chi connectivity index (χ1) is 9.65. The third-order valence-corrected chi connectivity index (χ3v) is 3.47. The number of hydrogen-bond acceptors (Lipinski definition) is 2. The third kappa shape index (κ3) is 4.47. The Hall–Kier alpha value is -1.65. The Morgan fingerprint density at radius 2 is 1.90 bits per heavy atom. The largest absolute Gasteiger partial charge is 0.325 e. The highest BCUT2D eigenvalue weighted by atomic mass is 79.9. The summed E-state index contributed by atoms with van der Waals surface area (Å²) in [5.41, 5.74) is 1.96. The second kappa shape index (κ2) is 7.22. The molecule has 0 radical (unpaired) electrons. The Balaban J connectivity index is 1.83. The Morgan fingerprint density at radius 3 is 2.60 bits per heavy atom. The van der Waals surface area contributed by atoms with Crippen molar-refractivity contribution in [1.29, 1.82) is 0 Å². The fourth-order valence-electron chi connectivity index (χ4n) is 1.88. The molecule has 0 spiro atoms. The van der Waals surface area contributed by atoms with Crippen LogP contribution in [0.3, 0.4) is 0 Å². The first-order valence-corrected chi connectivity index (χ1v) is 7.28. The average Bonchev–Trinajstić information content (AvgIpc) is 2.46. The molecule has 0 fully saturated rings. The lowest BCUT2D eigenvalue weighted by Gasteiger charge is -2.14. The van der Waals surface area contributed by atoms with Gasteiger partial charge in [0.2, 0.25) is 5.91 Å². The zero-order valence-electron chi connectivity index (χ0n) is 11.3. The summed E-state index contributed by atoms with van der Waals surface area (Å²) in [6, 6.07) is 17.8. The monoisotopic (exact) mass is 332 g/mol. The van der Waals surface area contributed by atoms with Gasteiger partial charge >= 0.3 is 0 Å². The molecule has 0 heterocycles. The number of benzene rings is 2. The van der Waals surface area contributed by atoms with Crippen molar-refractivity contribution in [1.82, 2.24) is 5.32 Å². The van der Waals surface area contributed by atoms with E-state index >= 15 is 0 Å². The number of anilines is 1. The highest BCUT2D eigenvalue weighted by Gasteiger charge is 2.07. The Labute approximate surface area is 127 Å². The van der Waals surface area contributed by atoms with Gasteiger partial charge in [-0.25, -0.2) is 0 Å². The van der Waals surface area contributed by atoms with Crippen molar-refractivity contribution in [3.8, 4) is 0 Å². The molecule has 20 heavy (non-hydrogen) atoms. The molecule has 2 rings (SSSR count). The number of carbonyl (C=O) groups excluding carboxylic acids is 1. The topological polar surface area (TPSA) is 41.1 Å². The zero-order valence-corrected chi connectivity index (χ0v) is 12.9. The normalized spacial score (nSPS) is 11.9. The van der Waals surface area contributed by atoms with Crippen molar-refractivity contribution >= 4 is 27.5 Å². The molecule has 0 saturated carbocycles. The van der Waals surface area contributed by atoms with Gasteiger partial charge in [-0.15, -0.1) is 0 Å². The number of rotatable bonds is 5. The molecule has 4 heteroatoms. The van der Waals surface area contributed by atoms with Crippen molar-refractivity contribution in [2.45, 2.75) is 13.0 Å².